The summed E-state index contributed by atoms with van der Waals surface area (Å²) in [5.41, 5.74) is 1.04. The third-order valence-corrected chi connectivity index (χ3v) is 5.29. The van der Waals surface area contributed by atoms with Gasteiger partial charge in [-0.3, -0.25) is 10.1 Å². The minimum absolute atomic E-state index is 0.0466. The average molecular weight is 405 g/mol. The molecule has 1 aromatic heterocycles. The summed E-state index contributed by atoms with van der Waals surface area (Å²) in [6.07, 6.45) is 6.83. The number of esters is 1. The molecule has 0 aliphatic heterocycles. The van der Waals surface area contributed by atoms with E-state index in [9.17, 15) is 14.9 Å². The van der Waals surface area contributed by atoms with Crippen molar-refractivity contribution in [2.75, 3.05) is 25.7 Å². The SMILES string of the molecule is COC(=O)/C=C(\C)c1cnc(N(CC(C)C)[C@H]2CC[C@H](OC)CC2)c([N+](=O)[O-])c1. The third-order valence-electron chi connectivity index (χ3n) is 5.29. The van der Waals surface area contributed by atoms with E-state index in [0.29, 0.717) is 29.4 Å². The Balaban J connectivity index is 2.41. The molecule has 1 aliphatic carbocycles. The van der Waals surface area contributed by atoms with Crippen molar-refractivity contribution in [2.24, 2.45) is 5.92 Å². The molecule has 0 amide bonds. The number of allylic oxidation sites excluding steroid dienone is 1. The Hall–Kier alpha value is -2.48. The number of ether oxygens (including phenoxy) is 2. The first-order chi connectivity index (χ1) is 13.8. The van der Waals surface area contributed by atoms with Gasteiger partial charge in [0.15, 0.2) is 0 Å². The second-order valence-electron chi connectivity index (χ2n) is 7.89. The molecule has 1 aromatic rings. The van der Waals surface area contributed by atoms with Crippen LogP contribution in [-0.2, 0) is 14.3 Å². The summed E-state index contributed by atoms with van der Waals surface area (Å²) in [6.45, 7) is 6.58. The fourth-order valence-corrected chi connectivity index (χ4v) is 3.73. The summed E-state index contributed by atoms with van der Waals surface area (Å²) < 4.78 is 10.1. The first-order valence-corrected chi connectivity index (χ1v) is 9.97. The zero-order valence-electron chi connectivity index (χ0n) is 17.9. The molecule has 1 heterocycles. The molecule has 0 radical (unpaired) electrons. The smallest absolute Gasteiger partial charge is 0.330 e. The van der Waals surface area contributed by atoms with Crippen molar-refractivity contribution in [3.63, 3.8) is 0 Å². The van der Waals surface area contributed by atoms with Gasteiger partial charge in [-0.25, -0.2) is 9.78 Å². The van der Waals surface area contributed by atoms with E-state index in [0.717, 1.165) is 25.7 Å². The van der Waals surface area contributed by atoms with E-state index in [1.807, 2.05) is 0 Å². The number of nitrogens with zero attached hydrogens (tertiary/aromatic N) is 3. The molecule has 0 atom stereocenters. The normalized spacial score (nSPS) is 19.9. The van der Waals surface area contributed by atoms with E-state index < -0.39 is 10.9 Å². The molecule has 0 unspecified atom stereocenters. The molecule has 0 spiro atoms. The maximum atomic E-state index is 11.9. The molecule has 0 bridgehead atoms. The largest absolute Gasteiger partial charge is 0.466 e. The molecule has 1 saturated carbocycles. The monoisotopic (exact) mass is 405 g/mol. The minimum atomic E-state index is -0.509. The molecule has 8 heteroatoms. The molecular weight excluding hydrogens is 374 g/mol. The standard InChI is InChI=1S/C21H31N3O5/c1-14(2)13-23(17-6-8-18(28-4)9-7-17)21-19(24(26)27)11-16(12-22-21)15(3)10-20(25)29-5/h10-12,14,17-18H,6-9,13H2,1-5H3/b15-10+/t17-,18-. The van der Waals surface area contributed by atoms with Crippen LogP contribution in [0.1, 0.15) is 52.0 Å². The highest BCUT2D eigenvalue weighted by atomic mass is 16.6. The molecule has 160 valence electrons. The summed E-state index contributed by atoms with van der Waals surface area (Å²) >= 11 is 0. The van der Waals surface area contributed by atoms with Crippen LogP contribution in [0.5, 0.6) is 0 Å². The topological polar surface area (TPSA) is 94.8 Å². The summed E-state index contributed by atoms with van der Waals surface area (Å²) in [6, 6.07) is 1.68. The number of pyridine rings is 1. The Morgan fingerprint density at radius 2 is 2.00 bits per heavy atom. The Kier molecular flexibility index (Phi) is 8.13. The van der Waals surface area contributed by atoms with Crippen molar-refractivity contribution in [3.8, 4) is 0 Å². The molecule has 0 saturated heterocycles. The lowest BCUT2D eigenvalue weighted by Gasteiger charge is -2.38. The van der Waals surface area contributed by atoms with Gasteiger partial charge < -0.3 is 14.4 Å². The minimum Gasteiger partial charge on any atom is -0.466 e. The van der Waals surface area contributed by atoms with Gasteiger partial charge in [-0.1, -0.05) is 13.8 Å². The predicted molar refractivity (Wildman–Crippen MR) is 112 cm³/mol. The van der Waals surface area contributed by atoms with E-state index in [1.54, 1.807) is 20.2 Å². The molecule has 1 aliphatic rings. The molecule has 8 nitrogen and oxygen atoms in total. The lowest BCUT2D eigenvalue weighted by atomic mass is 9.91. The summed E-state index contributed by atoms with van der Waals surface area (Å²) in [4.78, 5) is 29.5. The maximum Gasteiger partial charge on any atom is 0.330 e. The Labute approximate surface area is 172 Å². The Morgan fingerprint density at radius 3 is 2.52 bits per heavy atom. The van der Waals surface area contributed by atoms with Gasteiger partial charge in [-0.15, -0.1) is 0 Å². The van der Waals surface area contributed by atoms with Crippen LogP contribution < -0.4 is 4.90 Å². The molecule has 29 heavy (non-hydrogen) atoms. The van der Waals surface area contributed by atoms with Crippen molar-refractivity contribution in [1.29, 1.82) is 0 Å². The highest BCUT2D eigenvalue weighted by molar-refractivity contribution is 5.91. The van der Waals surface area contributed by atoms with Gasteiger partial charge in [0, 0.05) is 43.6 Å². The second kappa shape index (κ2) is 10.3. The van der Waals surface area contributed by atoms with Crippen molar-refractivity contribution >= 4 is 23.0 Å². The second-order valence-corrected chi connectivity index (χ2v) is 7.89. The number of carbonyl (C=O) groups excluding carboxylic acids is 1. The highest BCUT2D eigenvalue weighted by Gasteiger charge is 2.31. The maximum absolute atomic E-state index is 11.9. The van der Waals surface area contributed by atoms with Crippen molar-refractivity contribution in [1.82, 2.24) is 4.98 Å². The lowest BCUT2D eigenvalue weighted by Crippen LogP contribution is -2.42. The molecule has 1 fully saturated rings. The van der Waals surface area contributed by atoms with Gasteiger partial charge in [0.25, 0.3) is 0 Å². The number of nitro groups is 1. The summed E-state index contributed by atoms with van der Waals surface area (Å²) in [7, 11) is 3.02. The quantitative estimate of drug-likeness (QED) is 0.279. The van der Waals surface area contributed by atoms with Crippen LogP contribution in [0.15, 0.2) is 18.3 Å². The van der Waals surface area contributed by atoms with Crippen molar-refractivity contribution < 1.29 is 19.2 Å². The van der Waals surface area contributed by atoms with Crippen molar-refractivity contribution in [3.05, 3.63) is 34.0 Å². The molecular formula is C21H31N3O5. The number of carbonyl (C=O) groups is 1. The van der Waals surface area contributed by atoms with Gasteiger partial charge in [-0.05, 0) is 44.1 Å². The van der Waals surface area contributed by atoms with Crippen LogP contribution in [0.25, 0.3) is 5.57 Å². The number of rotatable bonds is 8. The van der Waals surface area contributed by atoms with Crippen LogP contribution in [0.3, 0.4) is 0 Å². The summed E-state index contributed by atoms with van der Waals surface area (Å²) in [5, 5.41) is 11.9. The number of anilines is 1. The van der Waals surface area contributed by atoms with Crippen LogP contribution >= 0.6 is 0 Å². The van der Waals surface area contributed by atoms with E-state index in [-0.39, 0.29) is 17.8 Å². The third kappa shape index (κ3) is 6.00. The van der Waals surface area contributed by atoms with Crippen LogP contribution in [0.2, 0.25) is 0 Å². The first kappa shape index (κ1) is 22.8. The predicted octanol–water partition coefficient (Wildman–Crippen LogP) is 3.99. The van der Waals surface area contributed by atoms with E-state index in [1.165, 1.54) is 19.3 Å². The molecule has 0 N–H and O–H groups in total. The number of aromatic nitrogens is 1. The first-order valence-electron chi connectivity index (χ1n) is 9.97. The Morgan fingerprint density at radius 1 is 1.34 bits per heavy atom. The molecule has 0 aromatic carbocycles. The zero-order chi connectivity index (χ0) is 21.6. The van der Waals surface area contributed by atoms with Gasteiger partial charge in [0.1, 0.15) is 0 Å². The number of hydrogen-bond donors (Lipinski definition) is 0. The van der Waals surface area contributed by atoms with Gasteiger partial charge in [0.2, 0.25) is 5.82 Å². The van der Waals surface area contributed by atoms with Crippen LogP contribution in [0, 0.1) is 16.0 Å². The van der Waals surface area contributed by atoms with E-state index in [2.05, 4.69) is 28.5 Å². The Bertz CT molecular complexity index is 755. The molecule has 2 rings (SSSR count). The average Bonchev–Trinajstić information content (AvgIpc) is 2.71. The fraction of sp³-hybridized carbons (Fsp3) is 0.619. The van der Waals surface area contributed by atoms with E-state index in [4.69, 9.17) is 4.74 Å². The van der Waals surface area contributed by atoms with Crippen molar-refractivity contribution in [2.45, 2.75) is 58.6 Å². The fourth-order valence-electron chi connectivity index (χ4n) is 3.73. The number of methoxy groups -OCH3 is 2. The zero-order valence-corrected chi connectivity index (χ0v) is 17.9. The van der Waals surface area contributed by atoms with Gasteiger partial charge in [-0.2, -0.15) is 0 Å². The van der Waals surface area contributed by atoms with Crippen LogP contribution in [-0.4, -0.2) is 48.8 Å². The van der Waals surface area contributed by atoms with E-state index >= 15 is 0 Å². The highest BCUT2D eigenvalue weighted by Crippen LogP contribution is 2.34. The van der Waals surface area contributed by atoms with Crippen LogP contribution in [0.4, 0.5) is 11.5 Å². The number of hydrogen-bond acceptors (Lipinski definition) is 7. The lowest BCUT2D eigenvalue weighted by molar-refractivity contribution is -0.384. The van der Waals surface area contributed by atoms with Gasteiger partial charge in [0.05, 0.1) is 18.1 Å². The summed E-state index contributed by atoms with van der Waals surface area (Å²) in [5.74, 6) is 0.210. The van der Waals surface area contributed by atoms with Gasteiger partial charge >= 0.3 is 11.7 Å².